The second-order valence-electron chi connectivity index (χ2n) is 4.25. The summed E-state index contributed by atoms with van der Waals surface area (Å²) >= 11 is 0. The van der Waals surface area contributed by atoms with Crippen LogP contribution in [-0.4, -0.2) is 43.5 Å². The third kappa shape index (κ3) is 2.37. The lowest BCUT2D eigenvalue weighted by Gasteiger charge is -2.27. The summed E-state index contributed by atoms with van der Waals surface area (Å²) in [6.07, 6.45) is 4.87. The molecule has 1 aromatic heterocycles. The third-order valence-electron chi connectivity index (χ3n) is 3.05. The molecule has 0 atom stereocenters. The summed E-state index contributed by atoms with van der Waals surface area (Å²) in [5.41, 5.74) is 2.22. The van der Waals surface area contributed by atoms with Crippen LogP contribution in [-0.2, 0) is 23.0 Å². The van der Waals surface area contributed by atoms with Gasteiger partial charge in [0.15, 0.2) is 0 Å². The number of carbonyl (C=O) groups is 1. The van der Waals surface area contributed by atoms with Crippen LogP contribution < -0.4 is 5.32 Å². The highest BCUT2D eigenvalue weighted by Crippen LogP contribution is 2.22. The second-order valence-corrected chi connectivity index (χ2v) is 6.23. The third-order valence-corrected chi connectivity index (χ3v) is 4.30. The molecule has 1 aromatic rings. The van der Waals surface area contributed by atoms with Crippen LogP contribution in [0.4, 0.5) is 0 Å². The molecule has 1 aliphatic rings. The molecular weight excluding hydrogens is 254 g/mol. The molecule has 0 saturated heterocycles. The van der Waals surface area contributed by atoms with E-state index in [1.54, 1.807) is 13.2 Å². The molecular formula is C11H15N3O3S. The fraction of sp³-hybridized carbons (Fsp3) is 0.455. The molecule has 6 nitrogen and oxygen atoms in total. The number of hydrogen-bond donors (Lipinski definition) is 1. The van der Waals surface area contributed by atoms with Gasteiger partial charge in [0.05, 0.1) is 11.8 Å². The van der Waals surface area contributed by atoms with Crippen LogP contribution in [0.5, 0.6) is 0 Å². The lowest BCUT2D eigenvalue weighted by Crippen LogP contribution is -2.36. The summed E-state index contributed by atoms with van der Waals surface area (Å²) in [7, 11) is -1.64. The van der Waals surface area contributed by atoms with Gasteiger partial charge in [0, 0.05) is 32.5 Å². The molecule has 1 aliphatic heterocycles. The molecule has 0 fully saturated rings. The van der Waals surface area contributed by atoms with Gasteiger partial charge in [0.25, 0.3) is 5.91 Å². The monoisotopic (exact) mass is 269 g/mol. The number of nitrogens with zero attached hydrogens (tertiary/aromatic N) is 2. The van der Waals surface area contributed by atoms with E-state index in [0.717, 1.165) is 11.1 Å². The predicted molar refractivity (Wildman–Crippen MR) is 66.6 cm³/mol. The quantitative estimate of drug-likeness (QED) is 0.803. The average molecular weight is 269 g/mol. The van der Waals surface area contributed by atoms with Crippen LogP contribution in [0.3, 0.4) is 0 Å². The van der Waals surface area contributed by atoms with Crippen molar-refractivity contribution in [1.29, 1.82) is 0 Å². The van der Waals surface area contributed by atoms with Crippen LogP contribution in [0.15, 0.2) is 12.4 Å². The Labute approximate surface area is 106 Å². The molecule has 1 N–H and O–H groups in total. The second kappa shape index (κ2) is 4.66. The van der Waals surface area contributed by atoms with Gasteiger partial charge in [-0.1, -0.05) is 0 Å². The number of rotatable bonds is 2. The lowest BCUT2D eigenvalue weighted by atomic mass is 9.98. The Bertz CT molecular complexity index is 583. The molecule has 0 radical (unpaired) electrons. The molecule has 0 bridgehead atoms. The smallest absolute Gasteiger partial charge is 0.252 e. The van der Waals surface area contributed by atoms with Crippen molar-refractivity contribution in [3.63, 3.8) is 0 Å². The minimum Gasteiger partial charge on any atom is -0.355 e. The van der Waals surface area contributed by atoms with Gasteiger partial charge in [-0.2, -0.15) is 4.31 Å². The van der Waals surface area contributed by atoms with Gasteiger partial charge in [-0.3, -0.25) is 9.78 Å². The Balaban J connectivity index is 2.39. The van der Waals surface area contributed by atoms with E-state index >= 15 is 0 Å². The first-order valence-corrected chi connectivity index (χ1v) is 7.41. The van der Waals surface area contributed by atoms with Gasteiger partial charge in [-0.25, -0.2) is 8.42 Å². The van der Waals surface area contributed by atoms with E-state index in [9.17, 15) is 13.2 Å². The topological polar surface area (TPSA) is 79.4 Å². The zero-order chi connectivity index (χ0) is 13.3. The molecule has 2 rings (SSSR count). The lowest BCUT2D eigenvalue weighted by molar-refractivity contribution is 0.0961. The molecule has 0 aromatic carbocycles. The van der Waals surface area contributed by atoms with Crippen molar-refractivity contribution in [2.45, 2.75) is 13.0 Å². The standard InChI is InChI=1S/C11H15N3O3S/c1-12-11(15)10-6-13-5-8-7-14(18(2,16)17)4-3-9(8)10/h5-6H,3-4,7H2,1-2H3,(H,12,15). The minimum absolute atomic E-state index is 0.188. The number of pyridine rings is 1. The molecule has 0 aliphatic carbocycles. The van der Waals surface area contributed by atoms with E-state index in [2.05, 4.69) is 10.3 Å². The van der Waals surface area contributed by atoms with Gasteiger partial charge >= 0.3 is 0 Å². The van der Waals surface area contributed by atoms with Crippen LogP contribution in [0.1, 0.15) is 21.5 Å². The number of hydrogen-bond acceptors (Lipinski definition) is 4. The summed E-state index contributed by atoms with van der Waals surface area (Å²) in [6, 6.07) is 0. The van der Waals surface area contributed by atoms with Gasteiger partial charge in [-0.05, 0) is 17.5 Å². The van der Waals surface area contributed by atoms with Gasteiger partial charge in [0.1, 0.15) is 0 Å². The predicted octanol–water partition coefficient (Wildman–Crippen LogP) is -0.241. The number of sulfonamides is 1. The zero-order valence-electron chi connectivity index (χ0n) is 10.3. The SMILES string of the molecule is CNC(=O)c1cncc2c1CCN(S(C)(=O)=O)C2. The Kier molecular flexibility index (Phi) is 3.36. The maximum absolute atomic E-state index is 11.7. The maximum atomic E-state index is 11.7. The number of carbonyl (C=O) groups excluding carboxylic acids is 1. The van der Waals surface area contributed by atoms with Crippen molar-refractivity contribution in [3.05, 3.63) is 29.1 Å². The molecule has 0 spiro atoms. The van der Waals surface area contributed by atoms with Crippen molar-refractivity contribution >= 4 is 15.9 Å². The average Bonchev–Trinajstić information content (AvgIpc) is 2.35. The number of aromatic nitrogens is 1. The Morgan fingerprint density at radius 3 is 2.78 bits per heavy atom. The summed E-state index contributed by atoms with van der Waals surface area (Å²) in [5.74, 6) is -0.188. The van der Waals surface area contributed by atoms with E-state index in [1.807, 2.05) is 0 Å². The summed E-state index contributed by atoms with van der Waals surface area (Å²) in [5, 5.41) is 2.56. The Morgan fingerprint density at radius 2 is 2.17 bits per heavy atom. The summed E-state index contributed by atoms with van der Waals surface area (Å²) in [4.78, 5) is 15.7. The molecule has 7 heteroatoms. The Morgan fingerprint density at radius 1 is 1.44 bits per heavy atom. The highest BCUT2D eigenvalue weighted by molar-refractivity contribution is 7.88. The number of nitrogens with one attached hydrogen (secondary N) is 1. The van der Waals surface area contributed by atoms with E-state index in [4.69, 9.17) is 0 Å². The van der Waals surface area contributed by atoms with Crippen molar-refractivity contribution in [1.82, 2.24) is 14.6 Å². The molecule has 0 unspecified atom stereocenters. The zero-order valence-corrected chi connectivity index (χ0v) is 11.1. The summed E-state index contributed by atoms with van der Waals surface area (Å²) in [6.45, 7) is 0.686. The molecule has 18 heavy (non-hydrogen) atoms. The largest absolute Gasteiger partial charge is 0.355 e. The van der Waals surface area contributed by atoms with Crippen molar-refractivity contribution in [2.75, 3.05) is 19.8 Å². The highest BCUT2D eigenvalue weighted by Gasteiger charge is 2.26. The molecule has 2 heterocycles. The van der Waals surface area contributed by atoms with Crippen LogP contribution in [0.25, 0.3) is 0 Å². The highest BCUT2D eigenvalue weighted by atomic mass is 32.2. The van der Waals surface area contributed by atoms with E-state index in [-0.39, 0.29) is 12.5 Å². The molecule has 98 valence electrons. The first-order chi connectivity index (χ1) is 8.43. The normalized spacial score (nSPS) is 16.1. The van der Waals surface area contributed by atoms with Crippen LogP contribution in [0, 0.1) is 0 Å². The van der Waals surface area contributed by atoms with Crippen LogP contribution >= 0.6 is 0 Å². The number of amides is 1. The van der Waals surface area contributed by atoms with Crippen LogP contribution in [0.2, 0.25) is 0 Å². The van der Waals surface area contributed by atoms with Gasteiger partial charge < -0.3 is 5.32 Å². The first kappa shape index (κ1) is 13.0. The fourth-order valence-electron chi connectivity index (χ4n) is 2.08. The van der Waals surface area contributed by atoms with E-state index < -0.39 is 10.0 Å². The van der Waals surface area contributed by atoms with Gasteiger partial charge in [-0.15, -0.1) is 0 Å². The van der Waals surface area contributed by atoms with Crippen molar-refractivity contribution in [3.8, 4) is 0 Å². The first-order valence-electron chi connectivity index (χ1n) is 5.56. The van der Waals surface area contributed by atoms with E-state index in [1.165, 1.54) is 16.8 Å². The molecule has 0 saturated carbocycles. The van der Waals surface area contributed by atoms with Crippen molar-refractivity contribution < 1.29 is 13.2 Å². The summed E-state index contributed by atoms with van der Waals surface area (Å²) < 4.78 is 24.4. The molecule has 1 amide bonds. The van der Waals surface area contributed by atoms with Gasteiger partial charge in [0.2, 0.25) is 10.0 Å². The Hall–Kier alpha value is -1.47. The number of fused-ring (bicyclic) bond motifs is 1. The van der Waals surface area contributed by atoms with Crippen molar-refractivity contribution in [2.24, 2.45) is 0 Å². The van der Waals surface area contributed by atoms with E-state index in [0.29, 0.717) is 18.5 Å². The minimum atomic E-state index is -3.20. The fourth-order valence-corrected chi connectivity index (χ4v) is 2.88. The maximum Gasteiger partial charge on any atom is 0.252 e.